The lowest BCUT2D eigenvalue weighted by Gasteiger charge is -2.28. The lowest BCUT2D eigenvalue weighted by atomic mass is 9.99. The normalized spacial score (nSPS) is 16.1. The van der Waals surface area contributed by atoms with Crippen LogP contribution in [0, 0.1) is 0 Å². The van der Waals surface area contributed by atoms with Gasteiger partial charge in [0.2, 0.25) is 0 Å². The third kappa shape index (κ3) is 7.21. The monoisotopic (exact) mass is 336 g/mol. The van der Waals surface area contributed by atoms with Crippen LogP contribution in [0.2, 0.25) is 0 Å². The van der Waals surface area contributed by atoms with E-state index in [0.29, 0.717) is 0 Å². The lowest BCUT2D eigenvalue weighted by Crippen LogP contribution is -2.43. The summed E-state index contributed by atoms with van der Waals surface area (Å²) in [5.74, 6) is -15.0. The molecule has 0 aliphatic carbocycles. The molecule has 0 heterocycles. The highest BCUT2D eigenvalue weighted by molar-refractivity contribution is 4.87. The fourth-order valence-electron chi connectivity index (χ4n) is 1.42. The predicted octanol–water partition coefficient (Wildman–Crippen LogP) is 3.37. The van der Waals surface area contributed by atoms with Gasteiger partial charge in [0.05, 0.1) is 25.6 Å². The first kappa shape index (κ1) is 20.3. The highest BCUT2D eigenvalue weighted by Gasteiger charge is 2.62. The summed E-state index contributed by atoms with van der Waals surface area (Å²) in [7, 11) is 0. The van der Waals surface area contributed by atoms with Crippen LogP contribution in [-0.4, -0.2) is 46.9 Å². The fourth-order valence-corrected chi connectivity index (χ4v) is 1.42. The second-order valence-corrected chi connectivity index (χ2v) is 4.64. The predicted molar refractivity (Wildman–Crippen MR) is 52.5 cm³/mol. The average molecular weight is 336 g/mol. The van der Waals surface area contributed by atoms with Gasteiger partial charge in [0.15, 0.2) is 0 Å². The molecule has 0 aromatic rings. The van der Waals surface area contributed by atoms with Crippen LogP contribution in [0.3, 0.4) is 0 Å². The van der Waals surface area contributed by atoms with Gasteiger partial charge in [-0.1, -0.05) is 0 Å². The summed E-state index contributed by atoms with van der Waals surface area (Å²) in [6.07, 6.45) is -15.7. The molecule has 0 rings (SSSR count). The second kappa shape index (κ2) is 6.59. The fraction of sp³-hybridized carbons (Fsp3) is 1.00. The van der Waals surface area contributed by atoms with E-state index in [1.807, 2.05) is 0 Å². The van der Waals surface area contributed by atoms with Gasteiger partial charge < -0.3 is 10.2 Å². The molecule has 0 bridgehead atoms. The molecule has 0 amide bonds. The molecule has 0 spiro atoms. The van der Waals surface area contributed by atoms with Crippen molar-refractivity contribution in [3.05, 3.63) is 0 Å². The Morgan fingerprint density at radius 1 is 0.762 bits per heavy atom. The Morgan fingerprint density at radius 2 is 1.24 bits per heavy atom. The molecule has 21 heavy (non-hydrogen) atoms. The SMILES string of the molecule is OCC(O)CCC(F)(F)CC(F)(F)CC(F)(F)C(F)(F)F. The van der Waals surface area contributed by atoms with Gasteiger partial charge in [-0.2, -0.15) is 22.0 Å². The molecule has 0 aromatic heterocycles. The van der Waals surface area contributed by atoms with Crippen LogP contribution >= 0.6 is 0 Å². The number of hydrogen-bond acceptors (Lipinski definition) is 2. The highest BCUT2D eigenvalue weighted by Crippen LogP contribution is 2.46. The summed E-state index contributed by atoms with van der Waals surface area (Å²) in [6.45, 7) is -0.918. The van der Waals surface area contributed by atoms with E-state index in [-0.39, 0.29) is 0 Å². The van der Waals surface area contributed by atoms with Crippen molar-refractivity contribution < 1.29 is 49.7 Å². The van der Waals surface area contributed by atoms with Gasteiger partial charge in [-0.15, -0.1) is 0 Å². The van der Waals surface area contributed by atoms with Crippen LogP contribution in [0.25, 0.3) is 0 Å². The van der Waals surface area contributed by atoms with E-state index in [9.17, 15) is 39.5 Å². The van der Waals surface area contributed by atoms with Crippen molar-refractivity contribution in [2.45, 2.75) is 55.7 Å². The quantitative estimate of drug-likeness (QED) is 0.667. The van der Waals surface area contributed by atoms with Gasteiger partial charge in [0.1, 0.15) is 0 Å². The van der Waals surface area contributed by atoms with Gasteiger partial charge in [-0.05, 0) is 6.42 Å². The summed E-state index contributed by atoms with van der Waals surface area (Å²) in [6, 6.07) is 0. The molecule has 128 valence electrons. The van der Waals surface area contributed by atoms with E-state index in [0.717, 1.165) is 0 Å². The Bertz CT molecular complexity index is 327. The zero-order chi connectivity index (χ0) is 17.1. The topological polar surface area (TPSA) is 40.5 Å². The zero-order valence-corrected chi connectivity index (χ0v) is 10.4. The number of halogens is 9. The standard InChI is InChI=1S/C10H13F9O2/c11-7(12,2-1-6(21)3-20)4-8(13,14)5-9(15,16)10(17,18)19/h6,20-21H,1-5H2. The molecule has 1 atom stereocenters. The molecular weight excluding hydrogens is 323 g/mol. The minimum absolute atomic E-state index is 0.810. The minimum Gasteiger partial charge on any atom is -0.394 e. The summed E-state index contributed by atoms with van der Waals surface area (Å²) >= 11 is 0. The summed E-state index contributed by atoms with van der Waals surface area (Å²) in [5.41, 5.74) is 0. The first-order chi connectivity index (χ1) is 9.12. The van der Waals surface area contributed by atoms with E-state index in [4.69, 9.17) is 10.2 Å². The van der Waals surface area contributed by atoms with Gasteiger partial charge in [-0.25, -0.2) is 17.6 Å². The molecule has 11 heteroatoms. The smallest absolute Gasteiger partial charge is 0.394 e. The van der Waals surface area contributed by atoms with Gasteiger partial charge in [-0.3, -0.25) is 0 Å². The van der Waals surface area contributed by atoms with E-state index in [1.54, 1.807) is 0 Å². The summed E-state index contributed by atoms with van der Waals surface area (Å²) in [4.78, 5) is 0. The summed E-state index contributed by atoms with van der Waals surface area (Å²) in [5, 5.41) is 17.1. The van der Waals surface area contributed by atoms with E-state index in [2.05, 4.69) is 0 Å². The molecule has 0 aromatic carbocycles. The Morgan fingerprint density at radius 3 is 1.62 bits per heavy atom. The van der Waals surface area contributed by atoms with Crippen LogP contribution in [0.1, 0.15) is 25.7 Å². The van der Waals surface area contributed by atoms with Gasteiger partial charge in [0, 0.05) is 6.42 Å². The van der Waals surface area contributed by atoms with Crippen molar-refractivity contribution in [3.63, 3.8) is 0 Å². The van der Waals surface area contributed by atoms with Crippen LogP contribution in [-0.2, 0) is 0 Å². The molecule has 2 N–H and O–H groups in total. The first-order valence-electron chi connectivity index (χ1n) is 5.61. The van der Waals surface area contributed by atoms with Crippen molar-refractivity contribution >= 4 is 0 Å². The largest absolute Gasteiger partial charge is 0.453 e. The third-order valence-corrected chi connectivity index (χ3v) is 2.47. The van der Waals surface area contributed by atoms with Crippen molar-refractivity contribution in [3.8, 4) is 0 Å². The van der Waals surface area contributed by atoms with E-state index in [1.165, 1.54) is 0 Å². The second-order valence-electron chi connectivity index (χ2n) is 4.64. The average Bonchev–Trinajstić information content (AvgIpc) is 2.21. The molecule has 0 saturated heterocycles. The molecule has 1 unspecified atom stereocenters. The lowest BCUT2D eigenvalue weighted by molar-refractivity contribution is -0.304. The molecule has 0 aliphatic heterocycles. The molecule has 0 aliphatic rings. The number of alkyl halides is 9. The maximum absolute atomic E-state index is 13.1. The Hall–Kier alpha value is -0.710. The highest BCUT2D eigenvalue weighted by atomic mass is 19.4. The third-order valence-electron chi connectivity index (χ3n) is 2.47. The number of aliphatic hydroxyl groups is 2. The van der Waals surface area contributed by atoms with Crippen molar-refractivity contribution in [2.24, 2.45) is 0 Å². The van der Waals surface area contributed by atoms with Crippen LogP contribution < -0.4 is 0 Å². The minimum atomic E-state index is -6.27. The summed E-state index contributed by atoms with van der Waals surface area (Å²) < 4.78 is 112. The van der Waals surface area contributed by atoms with Gasteiger partial charge >= 0.3 is 12.1 Å². The molecule has 0 fully saturated rings. The molecule has 2 nitrogen and oxygen atoms in total. The zero-order valence-electron chi connectivity index (χ0n) is 10.4. The van der Waals surface area contributed by atoms with Gasteiger partial charge in [0.25, 0.3) is 11.8 Å². The van der Waals surface area contributed by atoms with Crippen molar-refractivity contribution in [1.29, 1.82) is 0 Å². The molecule has 0 radical (unpaired) electrons. The maximum atomic E-state index is 13.1. The van der Waals surface area contributed by atoms with Crippen LogP contribution in [0.4, 0.5) is 39.5 Å². The molecule has 0 saturated carbocycles. The number of hydrogen-bond donors (Lipinski definition) is 2. The first-order valence-corrected chi connectivity index (χ1v) is 5.61. The van der Waals surface area contributed by atoms with Crippen molar-refractivity contribution in [2.75, 3.05) is 6.61 Å². The number of aliphatic hydroxyl groups excluding tert-OH is 2. The molecular formula is C10H13F9O2. The Labute approximate surface area is 113 Å². The van der Waals surface area contributed by atoms with E-state index < -0.39 is 62.3 Å². The number of rotatable bonds is 8. The Balaban J connectivity index is 4.72. The van der Waals surface area contributed by atoms with Crippen molar-refractivity contribution in [1.82, 2.24) is 0 Å². The van der Waals surface area contributed by atoms with Crippen LogP contribution in [0.15, 0.2) is 0 Å². The maximum Gasteiger partial charge on any atom is 0.453 e. The Kier molecular flexibility index (Phi) is 6.37. The van der Waals surface area contributed by atoms with E-state index >= 15 is 0 Å². The van der Waals surface area contributed by atoms with Crippen LogP contribution in [0.5, 0.6) is 0 Å².